The summed E-state index contributed by atoms with van der Waals surface area (Å²) in [5, 5.41) is 18.1. The van der Waals surface area contributed by atoms with Crippen molar-refractivity contribution in [1.29, 1.82) is 5.26 Å². The van der Waals surface area contributed by atoms with Crippen molar-refractivity contribution in [2.45, 2.75) is 12.1 Å². The minimum Gasteiger partial charge on any atom is -0.360 e. The molecule has 1 amide bonds. The van der Waals surface area contributed by atoms with E-state index in [1.807, 2.05) is 0 Å². The fraction of sp³-hybridized carbons (Fsp3) is 0.500. The second-order valence-corrected chi connectivity index (χ2v) is 1.92. The lowest BCUT2D eigenvalue weighted by Crippen LogP contribution is -2.54. The molecule has 0 aliphatic carbocycles. The van der Waals surface area contributed by atoms with Gasteiger partial charge in [0.25, 0.3) is 0 Å². The van der Waals surface area contributed by atoms with Crippen LogP contribution < -0.4 is 5.73 Å². The summed E-state index contributed by atoms with van der Waals surface area (Å²) in [6.07, 6.45) is -5.52. The van der Waals surface area contributed by atoms with E-state index in [2.05, 4.69) is 10.5 Å². The van der Waals surface area contributed by atoms with Crippen LogP contribution in [0.5, 0.6) is 0 Å². The smallest absolute Gasteiger partial charge is 0.360 e. The zero-order chi connectivity index (χ0) is 11.6. The zero-order valence-electron chi connectivity index (χ0n) is 6.24. The summed E-state index contributed by atoms with van der Waals surface area (Å²) in [7, 11) is 0. The number of alkyl halides is 3. The first-order valence-electron chi connectivity index (χ1n) is 2.78. The van der Waals surface area contributed by atoms with Crippen LogP contribution in [-0.4, -0.2) is 22.9 Å². The van der Waals surface area contributed by atoms with Crippen molar-refractivity contribution in [3.05, 3.63) is 10.1 Å². The van der Waals surface area contributed by atoms with E-state index < -0.39 is 22.9 Å². The molecule has 0 bridgehead atoms. The maximum absolute atomic E-state index is 11.6. The average Bonchev–Trinajstić information content (AvgIpc) is 1.97. The lowest BCUT2D eigenvalue weighted by atomic mass is 10.2. The molecule has 7 nitrogen and oxygen atoms in total. The van der Waals surface area contributed by atoms with E-state index >= 15 is 0 Å². The van der Waals surface area contributed by atoms with Crippen molar-refractivity contribution < 1.29 is 27.6 Å². The van der Waals surface area contributed by atoms with Gasteiger partial charge in [0, 0.05) is 0 Å². The number of carbonyl (C=O) groups excluding carboxylic acids is 1. The summed E-state index contributed by atoms with van der Waals surface area (Å²) in [5.41, 5.74) is 0.330. The third kappa shape index (κ3) is 2.30. The van der Waals surface area contributed by atoms with Crippen LogP contribution in [0, 0.1) is 21.4 Å². The third-order valence-electron chi connectivity index (χ3n) is 1.01. The van der Waals surface area contributed by atoms with Gasteiger partial charge >= 0.3 is 18.0 Å². The highest BCUT2D eigenvalue weighted by Gasteiger charge is 2.60. The summed E-state index contributed by atoms with van der Waals surface area (Å²) in [6.45, 7) is 0. The molecule has 0 heterocycles. The van der Waals surface area contributed by atoms with E-state index in [-0.39, 0.29) is 0 Å². The highest BCUT2D eigenvalue weighted by Crippen LogP contribution is 2.25. The molecule has 0 fully saturated rings. The first-order valence-corrected chi connectivity index (χ1v) is 2.78. The Morgan fingerprint density at radius 1 is 1.57 bits per heavy atom. The highest BCUT2D eigenvalue weighted by atomic mass is 19.4. The van der Waals surface area contributed by atoms with E-state index in [0.29, 0.717) is 6.07 Å². The number of nitrogens with zero attached hydrogens (tertiary/aromatic N) is 2. The van der Waals surface area contributed by atoms with Gasteiger partial charge in [0.1, 0.15) is 0 Å². The molecule has 0 spiro atoms. The van der Waals surface area contributed by atoms with Gasteiger partial charge in [0.2, 0.25) is 0 Å². The molecule has 1 unspecified atom stereocenters. The number of carbonyl (C=O) groups is 1. The summed E-state index contributed by atoms with van der Waals surface area (Å²) < 4.78 is 37.5. The van der Waals surface area contributed by atoms with Crippen LogP contribution >= 0.6 is 0 Å². The molecule has 0 radical (unpaired) electrons. The Morgan fingerprint density at radius 2 is 2.00 bits per heavy atom. The van der Waals surface area contributed by atoms with E-state index in [1.54, 1.807) is 0 Å². The van der Waals surface area contributed by atoms with Crippen LogP contribution in [-0.2, 0) is 9.53 Å². The molecule has 1 atom stereocenters. The monoisotopic (exact) mass is 213 g/mol. The number of nitriles is 1. The maximum Gasteiger partial charge on any atom is 0.529 e. The van der Waals surface area contributed by atoms with Gasteiger partial charge in [-0.2, -0.15) is 10.00 Å². The van der Waals surface area contributed by atoms with Crippen LogP contribution in [0.15, 0.2) is 0 Å². The normalized spacial score (nSPS) is 15.3. The van der Waals surface area contributed by atoms with Gasteiger partial charge in [-0.3, -0.25) is 14.9 Å². The predicted octanol–water partition coefficient (Wildman–Crippen LogP) is -0.495. The number of hydrogen-bond donors (Lipinski definition) is 1. The van der Waals surface area contributed by atoms with Crippen molar-refractivity contribution in [1.82, 2.24) is 0 Å². The zero-order valence-corrected chi connectivity index (χ0v) is 6.24. The van der Waals surface area contributed by atoms with Crippen LogP contribution in [0.2, 0.25) is 0 Å². The topological polar surface area (TPSA) is 119 Å². The Labute approximate surface area is 74.0 Å². The summed E-state index contributed by atoms with van der Waals surface area (Å²) >= 11 is 0. The van der Waals surface area contributed by atoms with E-state index in [0.717, 1.165) is 0 Å². The van der Waals surface area contributed by atoms with Crippen molar-refractivity contribution in [2.24, 2.45) is 5.73 Å². The molecule has 0 aromatic heterocycles. The molecule has 78 valence electrons. The number of primary amides is 1. The molecule has 0 rings (SSSR count). The minimum atomic E-state index is -5.52. The fourth-order valence-electron chi connectivity index (χ4n) is 0.464. The Balaban J connectivity index is 5.21. The Kier molecular flexibility index (Phi) is 2.99. The highest BCUT2D eigenvalue weighted by molar-refractivity contribution is 5.84. The minimum absolute atomic E-state index is 0.455. The second kappa shape index (κ2) is 3.46. The summed E-state index contributed by atoms with van der Waals surface area (Å²) in [6, 6.07) is 0.455. The number of rotatable bonds is 3. The first-order chi connectivity index (χ1) is 6.15. The van der Waals surface area contributed by atoms with Gasteiger partial charge in [-0.05, 0) is 0 Å². The van der Waals surface area contributed by atoms with Crippen molar-refractivity contribution in [2.75, 3.05) is 0 Å². The van der Waals surface area contributed by atoms with E-state index in [4.69, 9.17) is 5.26 Å². The van der Waals surface area contributed by atoms with Crippen LogP contribution in [0.3, 0.4) is 0 Å². The van der Waals surface area contributed by atoms with Gasteiger partial charge in [-0.15, -0.1) is 13.2 Å². The molecule has 0 aromatic rings. The summed E-state index contributed by atoms with van der Waals surface area (Å²) in [4.78, 5) is 18.5. The molecule has 10 heteroatoms. The average molecular weight is 213 g/mol. The largest absolute Gasteiger partial charge is 0.529 e. The maximum atomic E-state index is 11.6. The van der Waals surface area contributed by atoms with Crippen LogP contribution in [0.1, 0.15) is 0 Å². The Morgan fingerprint density at radius 3 is 2.07 bits per heavy atom. The fourth-order valence-corrected chi connectivity index (χ4v) is 0.464. The molecular weight excluding hydrogens is 211 g/mol. The van der Waals surface area contributed by atoms with Gasteiger partial charge in [0.15, 0.2) is 6.07 Å². The van der Waals surface area contributed by atoms with Crippen LogP contribution in [0.25, 0.3) is 0 Å². The number of nitrogens with two attached hydrogens (primary N) is 1. The van der Waals surface area contributed by atoms with Crippen LogP contribution in [0.4, 0.5) is 13.2 Å². The third-order valence-corrected chi connectivity index (χ3v) is 1.01. The Hall–Kier alpha value is -1.89. The molecule has 2 N–H and O–H groups in total. The molecular formula is C4H2F3N3O4. The number of halogens is 3. The van der Waals surface area contributed by atoms with Crippen molar-refractivity contribution >= 4 is 5.91 Å². The first kappa shape index (κ1) is 12.1. The predicted molar refractivity (Wildman–Crippen MR) is 31.7 cm³/mol. The van der Waals surface area contributed by atoms with E-state index in [1.165, 1.54) is 0 Å². The molecule has 0 saturated carbocycles. The summed E-state index contributed by atoms with van der Waals surface area (Å²) in [5.74, 6) is -2.15. The molecule has 0 saturated heterocycles. The van der Waals surface area contributed by atoms with Crippen molar-refractivity contribution in [3.63, 3.8) is 0 Å². The molecule has 14 heavy (non-hydrogen) atoms. The molecule has 0 aromatic carbocycles. The van der Waals surface area contributed by atoms with Gasteiger partial charge < -0.3 is 5.73 Å². The number of amides is 1. The van der Waals surface area contributed by atoms with Gasteiger partial charge in [-0.1, -0.05) is 0 Å². The Bertz CT molecular complexity index is 292. The quantitative estimate of drug-likeness (QED) is 0.385. The lowest BCUT2D eigenvalue weighted by molar-refractivity contribution is -0.620. The van der Waals surface area contributed by atoms with E-state index in [9.17, 15) is 28.1 Å². The molecule has 0 aliphatic heterocycles. The van der Waals surface area contributed by atoms with Gasteiger partial charge in [0.05, 0.1) is 4.92 Å². The number of nitro groups is 1. The van der Waals surface area contributed by atoms with Crippen molar-refractivity contribution in [3.8, 4) is 6.07 Å². The lowest BCUT2D eigenvalue weighted by Gasteiger charge is -2.15. The SMILES string of the molecule is N#CC(OC(F)(F)F)(C(N)=O)[N+](=O)[O-]. The number of hydrogen-bond acceptors (Lipinski definition) is 5. The van der Waals surface area contributed by atoms with Gasteiger partial charge in [-0.25, -0.2) is 0 Å². The second-order valence-electron chi connectivity index (χ2n) is 1.92. The standard InChI is InChI=1S/C4H2F3N3O4/c5-4(6,7)14-3(1-8,2(9)11)10(12)13/h(H2,9,11). The number of ether oxygens (including phenoxy) is 1. The molecule has 0 aliphatic rings.